The molecule has 0 atom stereocenters. The van der Waals surface area contributed by atoms with Crippen molar-refractivity contribution in [2.24, 2.45) is 10.9 Å². The van der Waals surface area contributed by atoms with Gasteiger partial charge in [-0.15, -0.1) is 24.0 Å². The van der Waals surface area contributed by atoms with E-state index in [9.17, 15) is 4.39 Å². The number of hydrogen-bond acceptors (Lipinski definition) is 2. The van der Waals surface area contributed by atoms with Crippen molar-refractivity contribution >= 4 is 29.9 Å². The van der Waals surface area contributed by atoms with Gasteiger partial charge < -0.3 is 15.0 Å². The SMILES string of the molecule is CN=C(NCCOCCC(C)C)N(C)Cc1cccc(F)c1.I. The maximum absolute atomic E-state index is 13.2. The monoisotopic (exact) mass is 437 g/mol. The average molecular weight is 437 g/mol. The summed E-state index contributed by atoms with van der Waals surface area (Å²) < 4.78 is 18.8. The van der Waals surface area contributed by atoms with E-state index in [1.54, 1.807) is 19.2 Å². The Morgan fingerprint density at radius 1 is 1.35 bits per heavy atom. The standard InChI is InChI=1S/C17H28FN3O.HI/c1-14(2)8-10-22-11-9-20-17(19-3)21(4)13-15-6-5-7-16(18)12-15;/h5-7,12,14H,8-11,13H2,1-4H3,(H,19,20);1H. The Labute approximate surface area is 156 Å². The van der Waals surface area contributed by atoms with E-state index in [4.69, 9.17) is 4.74 Å². The van der Waals surface area contributed by atoms with Gasteiger partial charge in [-0.3, -0.25) is 4.99 Å². The number of guanidine groups is 1. The molecule has 1 N–H and O–H groups in total. The van der Waals surface area contributed by atoms with Crippen LogP contribution in [-0.4, -0.2) is 44.7 Å². The number of benzene rings is 1. The highest BCUT2D eigenvalue weighted by molar-refractivity contribution is 14.0. The smallest absolute Gasteiger partial charge is 0.193 e. The summed E-state index contributed by atoms with van der Waals surface area (Å²) in [6.45, 7) is 7.12. The van der Waals surface area contributed by atoms with Crippen molar-refractivity contribution in [3.8, 4) is 0 Å². The van der Waals surface area contributed by atoms with E-state index in [2.05, 4.69) is 24.2 Å². The van der Waals surface area contributed by atoms with Crippen molar-refractivity contribution < 1.29 is 9.13 Å². The molecule has 132 valence electrons. The molecule has 0 aliphatic carbocycles. The van der Waals surface area contributed by atoms with E-state index >= 15 is 0 Å². The van der Waals surface area contributed by atoms with Crippen LogP contribution >= 0.6 is 24.0 Å². The van der Waals surface area contributed by atoms with Gasteiger partial charge in [-0.25, -0.2) is 4.39 Å². The molecule has 0 heterocycles. The molecule has 0 amide bonds. The maximum Gasteiger partial charge on any atom is 0.193 e. The van der Waals surface area contributed by atoms with Crippen molar-refractivity contribution in [3.63, 3.8) is 0 Å². The highest BCUT2D eigenvalue weighted by Gasteiger charge is 2.06. The van der Waals surface area contributed by atoms with Crippen LogP contribution in [-0.2, 0) is 11.3 Å². The quantitative estimate of drug-likeness (QED) is 0.293. The minimum atomic E-state index is -0.215. The van der Waals surface area contributed by atoms with Gasteiger partial charge in [0.25, 0.3) is 0 Å². The predicted molar refractivity (Wildman–Crippen MR) is 105 cm³/mol. The van der Waals surface area contributed by atoms with E-state index in [0.29, 0.717) is 25.6 Å². The van der Waals surface area contributed by atoms with Crippen LogP contribution in [0.1, 0.15) is 25.8 Å². The van der Waals surface area contributed by atoms with Gasteiger partial charge in [0.1, 0.15) is 5.82 Å². The molecule has 6 heteroatoms. The molecule has 0 aliphatic rings. The Hall–Kier alpha value is -0.890. The van der Waals surface area contributed by atoms with Crippen LogP contribution in [0.5, 0.6) is 0 Å². The maximum atomic E-state index is 13.2. The van der Waals surface area contributed by atoms with E-state index in [0.717, 1.165) is 24.6 Å². The summed E-state index contributed by atoms with van der Waals surface area (Å²) in [4.78, 5) is 6.20. The topological polar surface area (TPSA) is 36.9 Å². The van der Waals surface area contributed by atoms with Gasteiger partial charge in [0.15, 0.2) is 5.96 Å². The molecule has 23 heavy (non-hydrogen) atoms. The molecule has 0 aliphatic heterocycles. The number of ether oxygens (including phenoxy) is 1. The number of nitrogens with zero attached hydrogens (tertiary/aromatic N) is 2. The molecular weight excluding hydrogens is 408 g/mol. The minimum Gasteiger partial charge on any atom is -0.380 e. The fraction of sp³-hybridized carbons (Fsp3) is 0.588. The van der Waals surface area contributed by atoms with Gasteiger partial charge in [0, 0.05) is 33.8 Å². The van der Waals surface area contributed by atoms with Crippen molar-refractivity contribution in [1.29, 1.82) is 0 Å². The Kier molecular flexibility index (Phi) is 12.0. The molecule has 4 nitrogen and oxygen atoms in total. The third-order valence-corrected chi connectivity index (χ3v) is 3.25. The van der Waals surface area contributed by atoms with Gasteiger partial charge in [0.05, 0.1) is 6.61 Å². The van der Waals surface area contributed by atoms with E-state index < -0.39 is 0 Å². The summed E-state index contributed by atoms with van der Waals surface area (Å²) >= 11 is 0. The van der Waals surface area contributed by atoms with Crippen molar-refractivity contribution in [2.75, 3.05) is 33.9 Å². The molecule has 0 spiro atoms. The van der Waals surface area contributed by atoms with E-state index in [1.165, 1.54) is 6.07 Å². The first-order valence-electron chi connectivity index (χ1n) is 7.77. The zero-order chi connectivity index (χ0) is 16.4. The lowest BCUT2D eigenvalue weighted by Crippen LogP contribution is -2.40. The van der Waals surface area contributed by atoms with Crippen molar-refractivity contribution in [2.45, 2.75) is 26.8 Å². The normalized spacial score (nSPS) is 11.3. The molecule has 0 fully saturated rings. The third-order valence-electron chi connectivity index (χ3n) is 3.25. The first-order valence-corrected chi connectivity index (χ1v) is 7.77. The number of hydrogen-bond donors (Lipinski definition) is 1. The lowest BCUT2D eigenvalue weighted by Gasteiger charge is -2.22. The molecular formula is C17H29FIN3O. The molecule has 0 saturated heterocycles. The molecule has 0 radical (unpaired) electrons. The van der Waals surface area contributed by atoms with E-state index in [-0.39, 0.29) is 29.8 Å². The first-order chi connectivity index (χ1) is 10.5. The largest absolute Gasteiger partial charge is 0.380 e. The molecule has 0 saturated carbocycles. The van der Waals surface area contributed by atoms with Crippen LogP contribution in [0, 0.1) is 11.7 Å². The van der Waals surface area contributed by atoms with Gasteiger partial charge in [-0.2, -0.15) is 0 Å². The molecule has 1 rings (SSSR count). The Morgan fingerprint density at radius 3 is 2.70 bits per heavy atom. The molecule has 0 unspecified atom stereocenters. The summed E-state index contributed by atoms with van der Waals surface area (Å²) in [5.41, 5.74) is 0.915. The lowest BCUT2D eigenvalue weighted by molar-refractivity contribution is 0.127. The summed E-state index contributed by atoms with van der Waals surface area (Å²) in [5, 5.41) is 3.25. The summed E-state index contributed by atoms with van der Waals surface area (Å²) in [7, 11) is 3.67. The van der Waals surface area contributed by atoms with E-state index in [1.807, 2.05) is 18.0 Å². The number of aliphatic imine (C=N–C) groups is 1. The average Bonchev–Trinajstić information content (AvgIpc) is 2.46. The van der Waals surface area contributed by atoms with Crippen LogP contribution in [0.2, 0.25) is 0 Å². The number of nitrogens with one attached hydrogen (secondary N) is 1. The van der Waals surface area contributed by atoms with Crippen LogP contribution in [0.4, 0.5) is 4.39 Å². The Bertz CT molecular complexity index is 469. The molecule has 1 aromatic rings. The van der Waals surface area contributed by atoms with Gasteiger partial charge in [0.2, 0.25) is 0 Å². The Morgan fingerprint density at radius 2 is 2.09 bits per heavy atom. The third kappa shape index (κ3) is 9.76. The van der Waals surface area contributed by atoms with Gasteiger partial charge in [-0.1, -0.05) is 26.0 Å². The van der Waals surface area contributed by atoms with Crippen LogP contribution in [0.15, 0.2) is 29.3 Å². The first kappa shape index (κ1) is 22.1. The van der Waals surface area contributed by atoms with Gasteiger partial charge >= 0.3 is 0 Å². The minimum absolute atomic E-state index is 0. The second kappa shape index (κ2) is 12.5. The van der Waals surface area contributed by atoms with Gasteiger partial charge in [-0.05, 0) is 30.0 Å². The zero-order valence-corrected chi connectivity index (χ0v) is 16.8. The fourth-order valence-electron chi connectivity index (χ4n) is 2.02. The van der Waals surface area contributed by atoms with Crippen LogP contribution < -0.4 is 5.32 Å². The number of rotatable bonds is 8. The van der Waals surface area contributed by atoms with Crippen LogP contribution in [0.3, 0.4) is 0 Å². The molecule has 0 aromatic heterocycles. The predicted octanol–water partition coefficient (Wildman–Crippen LogP) is 3.51. The second-order valence-corrected chi connectivity index (χ2v) is 5.75. The highest BCUT2D eigenvalue weighted by Crippen LogP contribution is 2.06. The van der Waals surface area contributed by atoms with Crippen molar-refractivity contribution in [1.82, 2.24) is 10.2 Å². The summed E-state index contributed by atoms with van der Waals surface area (Å²) in [6.07, 6.45) is 1.08. The highest BCUT2D eigenvalue weighted by atomic mass is 127. The van der Waals surface area contributed by atoms with Crippen molar-refractivity contribution in [3.05, 3.63) is 35.6 Å². The fourth-order valence-corrected chi connectivity index (χ4v) is 2.02. The Balaban J connectivity index is 0.00000484. The molecule has 0 bridgehead atoms. The summed E-state index contributed by atoms with van der Waals surface area (Å²) in [6, 6.07) is 6.61. The lowest BCUT2D eigenvalue weighted by atomic mass is 10.1. The number of halogens is 2. The van der Waals surface area contributed by atoms with Crippen LogP contribution in [0.25, 0.3) is 0 Å². The zero-order valence-electron chi connectivity index (χ0n) is 14.5. The second-order valence-electron chi connectivity index (χ2n) is 5.75. The summed E-state index contributed by atoms with van der Waals surface area (Å²) in [5.74, 6) is 1.22. The molecule has 1 aromatic carbocycles.